The quantitative estimate of drug-likeness (QED) is 0.879. The zero-order chi connectivity index (χ0) is 14.5. The number of rotatable bonds is 6. The van der Waals surface area contributed by atoms with E-state index in [0.29, 0.717) is 6.61 Å². The van der Waals surface area contributed by atoms with E-state index >= 15 is 0 Å². The molecule has 0 aliphatic rings. The molecule has 0 aliphatic heterocycles. The summed E-state index contributed by atoms with van der Waals surface area (Å²) in [5.74, 6) is 0.860. The van der Waals surface area contributed by atoms with Crippen LogP contribution in [0.2, 0.25) is 0 Å². The van der Waals surface area contributed by atoms with Gasteiger partial charge in [0.2, 0.25) is 0 Å². The van der Waals surface area contributed by atoms with Crippen LogP contribution in [-0.2, 0) is 13.2 Å². The Morgan fingerprint density at radius 1 is 1.25 bits per heavy atom. The Labute approximate surface area is 120 Å². The van der Waals surface area contributed by atoms with Gasteiger partial charge in [-0.2, -0.15) is 5.10 Å². The topological polar surface area (TPSA) is 53.1 Å². The van der Waals surface area contributed by atoms with E-state index in [1.165, 1.54) is 0 Å². The first-order valence-corrected chi connectivity index (χ1v) is 7.15. The molecule has 2 N–H and O–H groups in total. The smallest absolute Gasteiger partial charge is 0.130 e. The molecule has 0 saturated heterocycles. The Morgan fingerprint density at radius 2 is 1.95 bits per heavy atom. The average Bonchev–Trinajstić information content (AvgIpc) is 2.85. The molecule has 0 amide bonds. The van der Waals surface area contributed by atoms with Crippen LogP contribution in [0.4, 0.5) is 0 Å². The van der Waals surface area contributed by atoms with Gasteiger partial charge < -0.3 is 10.5 Å². The molecule has 0 bridgehead atoms. The molecule has 4 nitrogen and oxygen atoms in total. The minimum absolute atomic E-state index is 0.105. The molecule has 1 aromatic carbocycles. The lowest BCUT2D eigenvalue weighted by Crippen LogP contribution is -2.08. The number of nitrogens with zero attached hydrogens (tertiary/aromatic N) is 2. The van der Waals surface area contributed by atoms with Crippen molar-refractivity contribution in [3.05, 3.63) is 47.3 Å². The largest absolute Gasteiger partial charge is 0.487 e. The first-order chi connectivity index (χ1) is 9.63. The van der Waals surface area contributed by atoms with E-state index < -0.39 is 0 Å². The SMILES string of the molecule is CC[C@@H](N)c1ccc(OCc2cc(C)nn2CC)cc1. The summed E-state index contributed by atoms with van der Waals surface area (Å²) in [7, 11) is 0. The van der Waals surface area contributed by atoms with Crippen LogP contribution < -0.4 is 10.5 Å². The van der Waals surface area contributed by atoms with Crippen molar-refractivity contribution in [3.63, 3.8) is 0 Å². The van der Waals surface area contributed by atoms with Gasteiger partial charge in [-0.15, -0.1) is 0 Å². The third-order valence-corrected chi connectivity index (χ3v) is 3.42. The van der Waals surface area contributed by atoms with Crippen molar-refractivity contribution in [1.29, 1.82) is 0 Å². The van der Waals surface area contributed by atoms with Crippen molar-refractivity contribution in [3.8, 4) is 5.75 Å². The summed E-state index contributed by atoms with van der Waals surface area (Å²) < 4.78 is 7.78. The molecule has 0 fully saturated rings. The van der Waals surface area contributed by atoms with Gasteiger partial charge in [0.05, 0.1) is 11.4 Å². The maximum absolute atomic E-state index is 6.00. The number of benzene rings is 1. The van der Waals surface area contributed by atoms with Crippen molar-refractivity contribution < 1.29 is 4.74 Å². The highest BCUT2D eigenvalue weighted by Gasteiger charge is 2.06. The minimum atomic E-state index is 0.105. The van der Waals surface area contributed by atoms with Gasteiger partial charge in [-0.1, -0.05) is 19.1 Å². The fourth-order valence-corrected chi connectivity index (χ4v) is 2.19. The first kappa shape index (κ1) is 14.6. The fraction of sp³-hybridized carbons (Fsp3) is 0.438. The lowest BCUT2D eigenvalue weighted by Gasteiger charge is -2.11. The maximum atomic E-state index is 6.00. The van der Waals surface area contributed by atoms with Gasteiger partial charge in [0.1, 0.15) is 12.4 Å². The standard InChI is InChI=1S/C16H23N3O/c1-4-16(17)13-6-8-15(9-7-13)20-11-14-10-12(3)18-19(14)5-2/h6-10,16H,4-5,11,17H2,1-3H3/t16-/m1/s1. The summed E-state index contributed by atoms with van der Waals surface area (Å²) in [6.07, 6.45) is 0.940. The summed E-state index contributed by atoms with van der Waals surface area (Å²) in [6, 6.07) is 10.2. The summed E-state index contributed by atoms with van der Waals surface area (Å²) in [4.78, 5) is 0. The van der Waals surface area contributed by atoms with Crippen molar-refractivity contribution in [2.24, 2.45) is 5.73 Å². The minimum Gasteiger partial charge on any atom is -0.487 e. The average molecular weight is 273 g/mol. The molecule has 2 aromatic rings. The van der Waals surface area contributed by atoms with Crippen molar-refractivity contribution in [2.45, 2.75) is 46.4 Å². The predicted octanol–water partition coefficient (Wildman–Crippen LogP) is 3.20. The molecule has 0 radical (unpaired) electrons. The van der Waals surface area contributed by atoms with E-state index in [9.17, 15) is 0 Å². The molecule has 0 saturated carbocycles. The Hall–Kier alpha value is -1.81. The van der Waals surface area contributed by atoms with Crippen LogP contribution in [0.15, 0.2) is 30.3 Å². The number of nitrogens with two attached hydrogens (primary N) is 1. The Morgan fingerprint density at radius 3 is 2.55 bits per heavy atom. The third kappa shape index (κ3) is 3.39. The molecule has 0 spiro atoms. The molecular formula is C16H23N3O. The normalized spacial score (nSPS) is 12.4. The number of ether oxygens (including phenoxy) is 1. The van der Waals surface area contributed by atoms with Gasteiger partial charge in [-0.3, -0.25) is 4.68 Å². The molecule has 1 heterocycles. The van der Waals surface area contributed by atoms with Gasteiger partial charge in [0.25, 0.3) is 0 Å². The van der Waals surface area contributed by atoms with Gasteiger partial charge in [-0.25, -0.2) is 0 Å². The second kappa shape index (κ2) is 6.57. The summed E-state index contributed by atoms with van der Waals surface area (Å²) in [6.45, 7) is 7.56. The van der Waals surface area contributed by atoms with Crippen LogP contribution in [-0.4, -0.2) is 9.78 Å². The monoisotopic (exact) mass is 273 g/mol. The zero-order valence-electron chi connectivity index (χ0n) is 12.5. The van der Waals surface area contributed by atoms with Crippen LogP contribution in [0.1, 0.15) is 43.3 Å². The van der Waals surface area contributed by atoms with Crippen LogP contribution in [0.5, 0.6) is 5.75 Å². The second-order valence-corrected chi connectivity index (χ2v) is 4.97. The maximum Gasteiger partial charge on any atom is 0.130 e. The molecule has 4 heteroatoms. The summed E-state index contributed by atoms with van der Waals surface area (Å²) in [5, 5.41) is 4.41. The van der Waals surface area contributed by atoms with E-state index in [0.717, 1.165) is 35.7 Å². The number of aromatic nitrogens is 2. The van der Waals surface area contributed by atoms with E-state index in [2.05, 4.69) is 25.0 Å². The van der Waals surface area contributed by atoms with Crippen LogP contribution >= 0.6 is 0 Å². The van der Waals surface area contributed by atoms with E-state index in [-0.39, 0.29) is 6.04 Å². The summed E-state index contributed by atoms with van der Waals surface area (Å²) in [5.41, 5.74) is 9.26. The van der Waals surface area contributed by atoms with Gasteiger partial charge in [0.15, 0.2) is 0 Å². The van der Waals surface area contributed by atoms with Gasteiger partial charge in [0, 0.05) is 12.6 Å². The molecule has 0 unspecified atom stereocenters. The molecular weight excluding hydrogens is 250 g/mol. The number of hydrogen-bond donors (Lipinski definition) is 1. The highest BCUT2D eigenvalue weighted by atomic mass is 16.5. The van der Waals surface area contributed by atoms with Crippen LogP contribution in [0.25, 0.3) is 0 Å². The van der Waals surface area contributed by atoms with Crippen LogP contribution in [0, 0.1) is 6.92 Å². The molecule has 1 atom stereocenters. The van der Waals surface area contributed by atoms with Crippen molar-refractivity contribution >= 4 is 0 Å². The molecule has 108 valence electrons. The van der Waals surface area contributed by atoms with Gasteiger partial charge >= 0.3 is 0 Å². The molecule has 0 aliphatic carbocycles. The van der Waals surface area contributed by atoms with Crippen molar-refractivity contribution in [2.75, 3.05) is 0 Å². The number of hydrogen-bond acceptors (Lipinski definition) is 3. The van der Waals surface area contributed by atoms with Gasteiger partial charge in [-0.05, 0) is 44.0 Å². The highest BCUT2D eigenvalue weighted by molar-refractivity contribution is 5.29. The molecule has 2 rings (SSSR count). The third-order valence-electron chi connectivity index (χ3n) is 3.42. The predicted molar refractivity (Wildman–Crippen MR) is 80.6 cm³/mol. The Kier molecular flexibility index (Phi) is 4.79. The van der Waals surface area contributed by atoms with Crippen molar-refractivity contribution in [1.82, 2.24) is 9.78 Å². The van der Waals surface area contributed by atoms with E-state index in [1.807, 2.05) is 35.9 Å². The van der Waals surface area contributed by atoms with E-state index in [4.69, 9.17) is 10.5 Å². The fourth-order valence-electron chi connectivity index (χ4n) is 2.19. The highest BCUT2D eigenvalue weighted by Crippen LogP contribution is 2.19. The lowest BCUT2D eigenvalue weighted by atomic mass is 10.1. The summed E-state index contributed by atoms with van der Waals surface area (Å²) >= 11 is 0. The number of aryl methyl sites for hydroxylation is 2. The Bertz CT molecular complexity index is 545. The lowest BCUT2D eigenvalue weighted by molar-refractivity contribution is 0.292. The van der Waals surface area contributed by atoms with E-state index in [1.54, 1.807) is 0 Å². The first-order valence-electron chi connectivity index (χ1n) is 7.15. The second-order valence-electron chi connectivity index (χ2n) is 4.97. The van der Waals surface area contributed by atoms with Crippen LogP contribution in [0.3, 0.4) is 0 Å². The molecule has 20 heavy (non-hydrogen) atoms. The Balaban J connectivity index is 2.00. The molecule has 1 aromatic heterocycles. The zero-order valence-corrected chi connectivity index (χ0v) is 12.5.